The Kier molecular flexibility index (Phi) is 5.40. The molecule has 0 fully saturated rings. The van der Waals surface area contributed by atoms with Crippen molar-refractivity contribution >= 4 is 55.6 Å². The third kappa shape index (κ3) is 3.57. The summed E-state index contributed by atoms with van der Waals surface area (Å²) in [6.07, 6.45) is 0. The SMILES string of the molecule is Cc1cc(Br)ccc1-c1c([N+](=O)[O-])cc2c3c(cccc13)C(=O)N(c1ccc(N(C)C)cc1)C2=O. The molecule has 8 heteroatoms. The van der Waals surface area contributed by atoms with Crippen molar-refractivity contribution in [3.05, 3.63) is 98.0 Å². The Hall–Kier alpha value is -4.04. The molecule has 35 heavy (non-hydrogen) atoms. The fourth-order valence-electron chi connectivity index (χ4n) is 4.62. The van der Waals surface area contributed by atoms with Crippen molar-refractivity contribution in [1.82, 2.24) is 0 Å². The molecule has 0 spiro atoms. The number of carbonyl (C=O) groups is 2. The lowest BCUT2D eigenvalue weighted by molar-refractivity contribution is -0.384. The Labute approximate surface area is 209 Å². The number of halogens is 1. The van der Waals surface area contributed by atoms with E-state index in [2.05, 4.69) is 15.9 Å². The zero-order valence-electron chi connectivity index (χ0n) is 19.2. The minimum atomic E-state index is -0.585. The molecular formula is C27H20BrN3O4. The van der Waals surface area contributed by atoms with Gasteiger partial charge in [0.15, 0.2) is 0 Å². The zero-order chi connectivity index (χ0) is 25.0. The van der Waals surface area contributed by atoms with Gasteiger partial charge in [-0.1, -0.05) is 34.1 Å². The number of amides is 2. The van der Waals surface area contributed by atoms with Crippen molar-refractivity contribution in [2.24, 2.45) is 0 Å². The van der Waals surface area contributed by atoms with Gasteiger partial charge in [-0.2, -0.15) is 0 Å². The minimum absolute atomic E-state index is 0.136. The summed E-state index contributed by atoms with van der Waals surface area (Å²) < 4.78 is 0.852. The van der Waals surface area contributed by atoms with Crippen LogP contribution in [0.4, 0.5) is 17.1 Å². The summed E-state index contributed by atoms with van der Waals surface area (Å²) >= 11 is 3.43. The Morgan fingerprint density at radius 3 is 2.20 bits per heavy atom. The van der Waals surface area contributed by atoms with Crippen molar-refractivity contribution in [3.63, 3.8) is 0 Å². The molecule has 0 aromatic heterocycles. The molecule has 174 valence electrons. The first-order valence-electron chi connectivity index (χ1n) is 10.9. The number of carbonyl (C=O) groups excluding carboxylic acids is 2. The molecule has 0 radical (unpaired) electrons. The molecule has 1 aliphatic rings. The lowest BCUT2D eigenvalue weighted by atomic mass is 9.86. The number of rotatable bonds is 4. The monoisotopic (exact) mass is 529 g/mol. The van der Waals surface area contributed by atoms with E-state index >= 15 is 0 Å². The average molecular weight is 530 g/mol. The van der Waals surface area contributed by atoms with E-state index in [1.807, 2.05) is 56.3 Å². The maximum Gasteiger partial charge on any atom is 0.278 e. The van der Waals surface area contributed by atoms with Gasteiger partial charge in [0.05, 0.1) is 21.7 Å². The van der Waals surface area contributed by atoms with Crippen molar-refractivity contribution in [1.29, 1.82) is 0 Å². The maximum atomic E-state index is 13.6. The normalized spacial score (nSPS) is 12.9. The number of aryl methyl sites for hydroxylation is 1. The second-order valence-electron chi connectivity index (χ2n) is 8.62. The first-order chi connectivity index (χ1) is 16.7. The van der Waals surface area contributed by atoms with Crippen molar-refractivity contribution in [2.45, 2.75) is 6.92 Å². The number of nitrogens with zero attached hydrogens (tertiary/aromatic N) is 3. The molecular weight excluding hydrogens is 510 g/mol. The third-order valence-electron chi connectivity index (χ3n) is 6.29. The van der Waals surface area contributed by atoms with Gasteiger partial charge in [0.2, 0.25) is 0 Å². The van der Waals surface area contributed by atoms with E-state index < -0.39 is 16.7 Å². The second-order valence-corrected chi connectivity index (χ2v) is 9.53. The number of hydrogen-bond acceptors (Lipinski definition) is 5. The predicted octanol–water partition coefficient (Wildman–Crippen LogP) is 6.35. The summed E-state index contributed by atoms with van der Waals surface area (Å²) in [6.45, 7) is 1.87. The van der Waals surface area contributed by atoms with Crippen LogP contribution in [-0.2, 0) is 0 Å². The summed E-state index contributed by atoms with van der Waals surface area (Å²) in [5.41, 5.74) is 3.51. The van der Waals surface area contributed by atoms with E-state index in [-0.39, 0.29) is 11.3 Å². The molecule has 2 amide bonds. The van der Waals surface area contributed by atoms with Crippen LogP contribution < -0.4 is 9.80 Å². The molecule has 0 aliphatic carbocycles. The number of imide groups is 1. The van der Waals surface area contributed by atoms with Crippen LogP contribution in [0.3, 0.4) is 0 Å². The second kappa shape index (κ2) is 8.32. The van der Waals surface area contributed by atoms with E-state index in [1.54, 1.807) is 30.3 Å². The fraction of sp³-hybridized carbons (Fsp3) is 0.111. The molecule has 0 unspecified atom stereocenters. The molecule has 4 aromatic rings. The Morgan fingerprint density at radius 1 is 0.886 bits per heavy atom. The van der Waals surface area contributed by atoms with Gasteiger partial charge in [-0.3, -0.25) is 19.7 Å². The van der Waals surface area contributed by atoms with Crippen LogP contribution in [0, 0.1) is 17.0 Å². The van der Waals surface area contributed by atoms with Crippen molar-refractivity contribution < 1.29 is 14.5 Å². The molecule has 4 aromatic carbocycles. The largest absolute Gasteiger partial charge is 0.378 e. The minimum Gasteiger partial charge on any atom is -0.378 e. The van der Waals surface area contributed by atoms with Crippen LogP contribution in [-0.4, -0.2) is 30.8 Å². The molecule has 7 nitrogen and oxygen atoms in total. The highest BCUT2D eigenvalue weighted by Gasteiger charge is 2.37. The van der Waals surface area contributed by atoms with Gasteiger partial charge in [0.1, 0.15) is 0 Å². The lowest BCUT2D eigenvalue weighted by Gasteiger charge is -2.28. The number of anilines is 2. The van der Waals surface area contributed by atoms with Crippen LogP contribution >= 0.6 is 15.9 Å². The van der Waals surface area contributed by atoms with Crippen molar-refractivity contribution in [2.75, 3.05) is 23.9 Å². The summed E-state index contributed by atoms with van der Waals surface area (Å²) in [7, 11) is 3.79. The molecule has 0 saturated carbocycles. The number of hydrogen-bond donors (Lipinski definition) is 0. The number of nitro benzene ring substituents is 1. The highest BCUT2D eigenvalue weighted by Crippen LogP contribution is 2.44. The van der Waals surface area contributed by atoms with Crippen LogP contribution in [0.2, 0.25) is 0 Å². The molecule has 0 bridgehead atoms. The number of nitro groups is 1. The van der Waals surface area contributed by atoms with E-state index in [0.717, 1.165) is 20.6 Å². The van der Waals surface area contributed by atoms with E-state index in [9.17, 15) is 19.7 Å². The summed E-state index contributed by atoms with van der Waals surface area (Å²) in [4.78, 5) is 41.9. The van der Waals surface area contributed by atoms with E-state index in [0.29, 0.717) is 33.2 Å². The maximum absolute atomic E-state index is 13.6. The van der Waals surface area contributed by atoms with Gasteiger partial charge < -0.3 is 4.90 Å². The first-order valence-corrected chi connectivity index (χ1v) is 11.6. The first kappa shape index (κ1) is 22.7. The quantitative estimate of drug-likeness (QED) is 0.174. The standard InChI is InChI=1S/C27H20BrN3O4/c1-15-13-16(28)7-12-19(15)25-20-5-4-6-21-24(20)22(14-23(25)31(34)35)27(33)30(26(21)32)18-10-8-17(9-11-18)29(2)3/h4-14H,1-3H3. The Balaban J connectivity index is 1.78. The van der Waals surface area contributed by atoms with Crippen LogP contribution in [0.1, 0.15) is 26.3 Å². The van der Waals surface area contributed by atoms with E-state index in [1.165, 1.54) is 6.07 Å². The van der Waals surface area contributed by atoms with E-state index in [4.69, 9.17) is 0 Å². The molecule has 0 atom stereocenters. The Bertz CT molecular complexity index is 1560. The highest BCUT2D eigenvalue weighted by molar-refractivity contribution is 9.10. The van der Waals surface area contributed by atoms with Crippen LogP contribution in [0.5, 0.6) is 0 Å². The molecule has 1 aliphatic heterocycles. The van der Waals surface area contributed by atoms with Gasteiger partial charge in [0.25, 0.3) is 17.5 Å². The molecule has 1 heterocycles. The van der Waals surface area contributed by atoms with Gasteiger partial charge in [-0.25, -0.2) is 4.90 Å². The van der Waals surface area contributed by atoms with Crippen molar-refractivity contribution in [3.8, 4) is 11.1 Å². The lowest BCUT2D eigenvalue weighted by Crippen LogP contribution is -2.40. The fourth-order valence-corrected chi connectivity index (χ4v) is 5.09. The highest BCUT2D eigenvalue weighted by atomic mass is 79.9. The molecule has 5 rings (SSSR count). The molecule has 0 N–H and O–H groups in total. The number of benzene rings is 4. The van der Waals surface area contributed by atoms with Gasteiger partial charge in [0, 0.05) is 41.3 Å². The van der Waals surface area contributed by atoms with Gasteiger partial charge in [-0.15, -0.1) is 0 Å². The Morgan fingerprint density at radius 2 is 1.57 bits per heavy atom. The average Bonchev–Trinajstić information content (AvgIpc) is 2.82. The van der Waals surface area contributed by atoms with Gasteiger partial charge >= 0.3 is 0 Å². The van der Waals surface area contributed by atoms with Gasteiger partial charge in [-0.05, 0) is 65.9 Å². The topological polar surface area (TPSA) is 83.8 Å². The predicted molar refractivity (Wildman–Crippen MR) is 140 cm³/mol. The van der Waals surface area contributed by atoms with Crippen LogP contribution in [0.15, 0.2) is 71.2 Å². The smallest absolute Gasteiger partial charge is 0.278 e. The summed E-state index contributed by atoms with van der Waals surface area (Å²) in [6, 6.07) is 18.9. The zero-order valence-corrected chi connectivity index (χ0v) is 20.8. The molecule has 0 saturated heterocycles. The third-order valence-corrected chi connectivity index (χ3v) is 6.78. The van der Waals surface area contributed by atoms with Crippen LogP contribution in [0.25, 0.3) is 21.9 Å². The summed E-state index contributed by atoms with van der Waals surface area (Å²) in [5, 5.41) is 13.1. The summed E-state index contributed by atoms with van der Waals surface area (Å²) in [5.74, 6) is -1.04.